The molecule has 0 unspecified atom stereocenters. The molecule has 0 aromatic heterocycles. The van der Waals surface area contributed by atoms with E-state index in [0.717, 1.165) is 22.6 Å². The highest BCUT2D eigenvalue weighted by Gasteiger charge is 2.27. The fourth-order valence-electron chi connectivity index (χ4n) is 2.34. The van der Waals surface area contributed by atoms with Crippen molar-refractivity contribution in [1.82, 2.24) is 0 Å². The summed E-state index contributed by atoms with van der Waals surface area (Å²) < 4.78 is 10.8. The number of halogens is 1. The zero-order valence-corrected chi connectivity index (χ0v) is 10.8. The summed E-state index contributed by atoms with van der Waals surface area (Å²) in [5.41, 5.74) is 1.21. The molecule has 0 amide bonds. The van der Waals surface area contributed by atoms with E-state index in [2.05, 4.69) is 0 Å². The van der Waals surface area contributed by atoms with Crippen LogP contribution in [-0.2, 0) is 4.74 Å². The Labute approximate surface area is 115 Å². The summed E-state index contributed by atoms with van der Waals surface area (Å²) in [6.07, 6.45) is 0. The van der Waals surface area contributed by atoms with E-state index in [0.29, 0.717) is 0 Å². The quantitative estimate of drug-likeness (QED) is 0.766. The molecule has 2 aromatic carbocycles. The standard InChI is InChI=1S/C15H11ClO3/c16-15(17)18-9-12-10-5-1-3-7-13(10)19-14-8-4-2-6-11(12)14/h1-8,12H,9H2. The molecule has 0 saturated carbocycles. The SMILES string of the molecule is O=C(Cl)OCC1c2ccccc2Oc2ccccc21. The fraction of sp³-hybridized carbons (Fsp3) is 0.133. The molecule has 19 heavy (non-hydrogen) atoms. The van der Waals surface area contributed by atoms with Gasteiger partial charge < -0.3 is 9.47 Å². The van der Waals surface area contributed by atoms with Crippen molar-refractivity contribution >= 4 is 17.0 Å². The lowest BCUT2D eigenvalue weighted by Gasteiger charge is -2.27. The van der Waals surface area contributed by atoms with E-state index in [1.165, 1.54) is 0 Å². The van der Waals surface area contributed by atoms with Crippen LogP contribution in [0.4, 0.5) is 4.79 Å². The number of carbonyl (C=O) groups is 1. The Kier molecular flexibility index (Phi) is 3.13. The van der Waals surface area contributed by atoms with Gasteiger partial charge in [-0.3, -0.25) is 0 Å². The molecule has 1 aliphatic rings. The lowest BCUT2D eigenvalue weighted by Crippen LogP contribution is -2.16. The van der Waals surface area contributed by atoms with Gasteiger partial charge in [0.25, 0.3) is 0 Å². The minimum atomic E-state index is -0.790. The van der Waals surface area contributed by atoms with Gasteiger partial charge in [0.15, 0.2) is 0 Å². The van der Waals surface area contributed by atoms with E-state index >= 15 is 0 Å². The van der Waals surface area contributed by atoms with Crippen LogP contribution in [0.15, 0.2) is 48.5 Å². The van der Waals surface area contributed by atoms with Crippen molar-refractivity contribution in [2.24, 2.45) is 0 Å². The van der Waals surface area contributed by atoms with Gasteiger partial charge in [-0.15, -0.1) is 0 Å². The molecule has 0 bridgehead atoms. The number of hydrogen-bond acceptors (Lipinski definition) is 3. The van der Waals surface area contributed by atoms with E-state index in [1.54, 1.807) is 0 Å². The molecule has 96 valence electrons. The Morgan fingerprint density at radius 1 is 1.05 bits per heavy atom. The molecule has 0 atom stereocenters. The fourth-order valence-corrected chi connectivity index (χ4v) is 2.40. The van der Waals surface area contributed by atoms with Crippen LogP contribution in [0, 0.1) is 0 Å². The van der Waals surface area contributed by atoms with Gasteiger partial charge in [-0.05, 0) is 12.1 Å². The second kappa shape index (κ2) is 4.94. The highest BCUT2D eigenvalue weighted by atomic mass is 35.5. The topological polar surface area (TPSA) is 35.5 Å². The molecule has 3 nitrogen and oxygen atoms in total. The minimum absolute atomic E-state index is 0.0520. The summed E-state index contributed by atoms with van der Waals surface area (Å²) in [6.45, 7) is 0.208. The average molecular weight is 275 g/mol. The number of rotatable bonds is 2. The maximum absolute atomic E-state index is 10.8. The molecule has 0 aliphatic carbocycles. The Morgan fingerprint density at radius 3 is 2.11 bits per heavy atom. The highest BCUT2D eigenvalue weighted by Crippen LogP contribution is 2.43. The minimum Gasteiger partial charge on any atom is -0.457 e. The van der Waals surface area contributed by atoms with Crippen molar-refractivity contribution in [3.05, 3.63) is 59.7 Å². The molecule has 0 spiro atoms. The van der Waals surface area contributed by atoms with E-state index < -0.39 is 5.43 Å². The molecule has 3 rings (SSSR count). The van der Waals surface area contributed by atoms with Crippen molar-refractivity contribution in [3.63, 3.8) is 0 Å². The van der Waals surface area contributed by atoms with Crippen LogP contribution in [0.5, 0.6) is 11.5 Å². The third-order valence-electron chi connectivity index (χ3n) is 3.17. The summed E-state index contributed by atoms with van der Waals surface area (Å²) in [6, 6.07) is 15.4. The Morgan fingerprint density at radius 2 is 1.58 bits per heavy atom. The molecular weight excluding hydrogens is 264 g/mol. The van der Waals surface area contributed by atoms with Gasteiger partial charge in [-0.2, -0.15) is 0 Å². The molecule has 2 aromatic rings. The predicted octanol–water partition coefficient (Wildman–Crippen LogP) is 4.30. The van der Waals surface area contributed by atoms with Gasteiger partial charge in [-0.25, -0.2) is 4.79 Å². The highest BCUT2D eigenvalue weighted by molar-refractivity contribution is 6.61. The molecule has 0 fully saturated rings. The van der Waals surface area contributed by atoms with E-state index in [-0.39, 0.29) is 12.5 Å². The first kappa shape index (κ1) is 12.1. The van der Waals surface area contributed by atoms with Crippen molar-refractivity contribution in [2.45, 2.75) is 5.92 Å². The number of carbonyl (C=O) groups excluding carboxylic acids is 1. The van der Waals surface area contributed by atoms with Crippen LogP contribution in [0.1, 0.15) is 17.0 Å². The van der Waals surface area contributed by atoms with E-state index in [4.69, 9.17) is 21.1 Å². The number of ether oxygens (including phenoxy) is 2. The Bertz CT molecular complexity index is 579. The normalized spacial score (nSPS) is 13.1. The lowest BCUT2D eigenvalue weighted by atomic mass is 9.89. The molecule has 4 heteroatoms. The van der Waals surface area contributed by atoms with Crippen LogP contribution in [-0.4, -0.2) is 12.0 Å². The number of fused-ring (bicyclic) bond motifs is 2. The van der Waals surface area contributed by atoms with Crippen molar-refractivity contribution in [3.8, 4) is 11.5 Å². The predicted molar refractivity (Wildman–Crippen MR) is 72.0 cm³/mol. The van der Waals surface area contributed by atoms with Crippen LogP contribution in [0.3, 0.4) is 0 Å². The van der Waals surface area contributed by atoms with Gasteiger partial charge in [0.05, 0.1) is 5.92 Å². The number of para-hydroxylation sites is 2. The largest absolute Gasteiger partial charge is 0.457 e. The molecule has 0 saturated heterocycles. The molecule has 0 N–H and O–H groups in total. The maximum atomic E-state index is 10.8. The molecule has 0 radical (unpaired) electrons. The number of hydrogen-bond donors (Lipinski definition) is 0. The van der Waals surface area contributed by atoms with Crippen LogP contribution in [0.25, 0.3) is 0 Å². The van der Waals surface area contributed by atoms with Gasteiger partial charge in [-0.1, -0.05) is 36.4 Å². The smallest absolute Gasteiger partial charge is 0.403 e. The summed E-state index contributed by atoms with van der Waals surface area (Å²) in [7, 11) is 0. The Balaban J connectivity index is 2.03. The summed E-state index contributed by atoms with van der Waals surface area (Å²) >= 11 is 5.26. The van der Waals surface area contributed by atoms with Gasteiger partial charge in [0.1, 0.15) is 18.1 Å². The zero-order chi connectivity index (χ0) is 13.2. The van der Waals surface area contributed by atoms with Crippen molar-refractivity contribution in [1.29, 1.82) is 0 Å². The van der Waals surface area contributed by atoms with E-state index in [1.807, 2.05) is 48.5 Å². The third kappa shape index (κ3) is 2.29. The second-order valence-corrected chi connectivity index (χ2v) is 4.59. The third-order valence-corrected chi connectivity index (χ3v) is 3.28. The molecule has 1 heterocycles. The maximum Gasteiger partial charge on any atom is 0.403 e. The first-order chi connectivity index (χ1) is 9.25. The van der Waals surface area contributed by atoms with Crippen LogP contribution in [0.2, 0.25) is 0 Å². The zero-order valence-electron chi connectivity index (χ0n) is 10.0. The van der Waals surface area contributed by atoms with Gasteiger partial charge in [0.2, 0.25) is 0 Å². The average Bonchev–Trinajstić information content (AvgIpc) is 2.43. The van der Waals surface area contributed by atoms with Crippen molar-refractivity contribution in [2.75, 3.05) is 6.61 Å². The van der Waals surface area contributed by atoms with Gasteiger partial charge in [0, 0.05) is 22.7 Å². The second-order valence-electron chi connectivity index (χ2n) is 4.28. The summed E-state index contributed by atoms with van der Waals surface area (Å²) in [5, 5.41) is 0. The summed E-state index contributed by atoms with van der Waals surface area (Å²) in [5.74, 6) is 1.53. The van der Waals surface area contributed by atoms with Gasteiger partial charge >= 0.3 is 5.43 Å². The van der Waals surface area contributed by atoms with Crippen LogP contribution >= 0.6 is 11.6 Å². The Hall–Kier alpha value is -2.00. The first-order valence-corrected chi connectivity index (χ1v) is 6.31. The monoisotopic (exact) mass is 274 g/mol. The summed E-state index contributed by atoms with van der Waals surface area (Å²) in [4.78, 5) is 10.8. The van der Waals surface area contributed by atoms with Crippen LogP contribution < -0.4 is 4.74 Å². The molecule has 1 aliphatic heterocycles. The first-order valence-electron chi connectivity index (χ1n) is 5.93. The van der Waals surface area contributed by atoms with Crippen molar-refractivity contribution < 1.29 is 14.3 Å². The lowest BCUT2D eigenvalue weighted by molar-refractivity contribution is 0.168. The molecular formula is C15H11ClO3. The van der Waals surface area contributed by atoms with E-state index in [9.17, 15) is 4.79 Å². The number of benzene rings is 2.